The average Bonchev–Trinajstić information content (AvgIpc) is 1.79. The molecule has 0 aromatic heterocycles. The molecule has 0 saturated heterocycles. The van der Waals surface area contributed by atoms with Gasteiger partial charge in [-0.3, -0.25) is 4.79 Å². The van der Waals surface area contributed by atoms with Crippen LogP contribution in [0.15, 0.2) is 0 Å². The Balaban J connectivity index is 2.63. The van der Waals surface area contributed by atoms with Gasteiger partial charge in [0.15, 0.2) is 0 Å². The zero-order valence-electron chi connectivity index (χ0n) is 8.60. The molecule has 1 rings (SSSR count). The Hall–Kier alpha value is -0.570. The molecule has 1 atom stereocenters. The molecule has 0 aliphatic heterocycles. The number of amides is 1. The fourth-order valence-electron chi connectivity index (χ4n) is 2.55. The largest absolute Gasteiger partial charge is 0.370 e. The van der Waals surface area contributed by atoms with Crippen LogP contribution in [0.25, 0.3) is 0 Å². The summed E-state index contributed by atoms with van der Waals surface area (Å²) in [5, 5.41) is 0. The average molecular weight is 184 g/mol. The molecule has 4 N–H and O–H groups in total. The van der Waals surface area contributed by atoms with Crippen LogP contribution in [0.3, 0.4) is 0 Å². The Morgan fingerprint density at radius 2 is 2.00 bits per heavy atom. The van der Waals surface area contributed by atoms with Crippen LogP contribution in [0.1, 0.15) is 46.0 Å². The van der Waals surface area contributed by atoms with E-state index in [1.807, 2.05) is 0 Å². The third kappa shape index (κ3) is 2.99. The fourth-order valence-corrected chi connectivity index (χ4v) is 2.55. The monoisotopic (exact) mass is 184 g/mol. The molecule has 3 nitrogen and oxygen atoms in total. The first kappa shape index (κ1) is 10.5. The molecule has 0 heterocycles. The zero-order valence-corrected chi connectivity index (χ0v) is 8.60. The van der Waals surface area contributed by atoms with Gasteiger partial charge in [0.05, 0.1) is 0 Å². The molecule has 1 fully saturated rings. The summed E-state index contributed by atoms with van der Waals surface area (Å²) in [5.74, 6) is -0.278. The van der Waals surface area contributed by atoms with Gasteiger partial charge in [0.2, 0.25) is 5.91 Å². The van der Waals surface area contributed by atoms with E-state index in [2.05, 4.69) is 13.8 Å². The maximum absolute atomic E-state index is 10.8. The predicted octanol–water partition coefficient (Wildman–Crippen LogP) is 1.16. The second kappa shape index (κ2) is 3.29. The molecule has 0 aromatic rings. The Bertz CT molecular complexity index is 213. The van der Waals surface area contributed by atoms with Crippen LogP contribution in [0.4, 0.5) is 0 Å². The van der Waals surface area contributed by atoms with Gasteiger partial charge in [-0.15, -0.1) is 0 Å². The predicted molar refractivity (Wildman–Crippen MR) is 53.0 cm³/mol. The molecule has 1 aliphatic carbocycles. The van der Waals surface area contributed by atoms with Gasteiger partial charge < -0.3 is 11.5 Å². The van der Waals surface area contributed by atoms with E-state index in [-0.39, 0.29) is 16.9 Å². The van der Waals surface area contributed by atoms with Crippen LogP contribution in [0, 0.1) is 5.41 Å². The van der Waals surface area contributed by atoms with E-state index in [0.717, 1.165) is 19.3 Å². The Kier molecular flexibility index (Phi) is 2.66. The lowest BCUT2D eigenvalue weighted by atomic mass is 9.67. The lowest BCUT2D eigenvalue weighted by Gasteiger charge is -2.42. The molecule has 1 amide bonds. The fraction of sp³-hybridized carbons (Fsp3) is 0.900. The molecule has 0 bridgehead atoms. The number of primary amides is 1. The Morgan fingerprint density at radius 1 is 1.38 bits per heavy atom. The van der Waals surface area contributed by atoms with Crippen LogP contribution in [0.2, 0.25) is 0 Å². The summed E-state index contributed by atoms with van der Waals surface area (Å²) in [6, 6.07) is 0. The lowest BCUT2D eigenvalue weighted by molar-refractivity contribution is -0.119. The van der Waals surface area contributed by atoms with Crippen molar-refractivity contribution in [3.63, 3.8) is 0 Å². The Labute approximate surface area is 79.9 Å². The SMILES string of the molecule is CC1(C)CCCC(N)(CC(N)=O)C1. The van der Waals surface area contributed by atoms with Crippen LogP contribution in [0.5, 0.6) is 0 Å². The highest BCUT2D eigenvalue weighted by Gasteiger charge is 2.37. The van der Waals surface area contributed by atoms with Gasteiger partial charge in [0.1, 0.15) is 0 Å². The van der Waals surface area contributed by atoms with E-state index >= 15 is 0 Å². The van der Waals surface area contributed by atoms with Gasteiger partial charge in [-0.25, -0.2) is 0 Å². The molecule has 1 aliphatic rings. The molecular weight excluding hydrogens is 164 g/mol. The third-order valence-electron chi connectivity index (χ3n) is 2.89. The second-order valence-corrected chi connectivity index (χ2v) is 5.20. The summed E-state index contributed by atoms with van der Waals surface area (Å²) in [5.41, 5.74) is 11.2. The van der Waals surface area contributed by atoms with E-state index in [1.54, 1.807) is 0 Å². The zero-order chi connectivity index (χ0) is 10.1. The number of hydrogen-bond donors (Lipinski definition) is 2. The minimum Gasteiger partial charge on any atom is -0.370 e. The topological polar surface area (TPSA) is 69.1 Å². The first-order valence-electron chi connectivity index (χ1n) is 4.90. The van der Waals surface area contributed by atoms with E-state index in [1.165, 1.54) is 6.42 Å². The summed E-state index contributed by atoms with van der Waals surface area (Å²) in [7, 11) is 0. The van der Waals surface area contributed by atoms with E-state index in [4.69, 9.17) is 11.5 Å². The van der Waals surface area contributed by atoms with Crippen molar-refractivity contribution in [1.82, 2.24) is 0 Å². The number of carbonyl (C=O) groups excluding carboxylic acids is 1. The van der Waals surface area contributed by atoms with Crippen molar-refractivity contribution in [3.8, 4) is 0 Å². The third-order valence-corrected chi connectivity index (χ3v) is 2.89. The lowest BCUT2D eigenvalue weighted by Crippen LogP contribution is -2.49. The van der Waals surface area contributed by atoms with Crippen molar-refractivity contribution in [1.29, 1.82) is 0 Å². The Morgan fingerprint density at radius 3 is 2.46 bits per heavy atom. The summed E-state index contributed by atoms with van der Waals surface area (Å²) in [6.45, 7) is 4.41. The van der Waals surface area contributed by atoms with Gasteiger partial charge in [-0.05, 0) is 24.7 Å². The maximum Gasteiger partial charge on any atom is 0.219 e. The quantitative estimate of drug-likeness (QED) is 0.676. The first-order chi connectivity index (χ1) is 5.83. The number of carbonyl (C=O) groups is 1. The van der Waals surface area contributed by atoms with Crippen LogP contribution < -0.4 is 11.5 Å². The van der Waals surface area contributed by atoms with Gasteiger partial charge >= 0.3 is 0 Å². The number of nitrogens with two attached hydrogens (primary N) is 2. The highest BCUT2D eigenvalue weighted by atomic mass is 16.1. The highest BCUT2D eigenvalue weighted by molar-refractivity contribution is 5.75. The summed E-state index contributed by atoms with van der Waals surface area (Å²) in [4.78, 5) is 10.8. The molecule has 13 heavy (non-hydrogen) atoms. The van der Waals surface area contributed by atoms with Crippen molar-refractivity contribution in [2.45, 2.75) is 51.5 Å². The smallest absolute Gasteiger partial charge is 0.219 e. The van der Waals surface area contributed by atoms with E-state index in [9.17, 15) is 4.79 Å². The molecule has 0 radical (unpaired) electrons. The van der Waals surface area contributed by atoms with Crippen molar-refractivity contribution < 1.29 is 4.79 Å². The maximum atomic E-state index is 10.8. The molecule has 76 valence electrons. The normalized spacial score (nSPS) is 32.8. The molecule has 1 unspecified atom stereocenters. The van der Waals surface area contributed by atoms with E-state index in [0.29, 0.717) is 6.42 Å². The first-order valence-corrected chi connectivity index (χ1v) is 4.90. The van der Waals surface area contributed by atoms with Crippen LogP contribution in [-0.4, -0.2) is 11.4 Å². The standard InChI is InChI=1S/C10H20N2O/c1-9(2)4-3-5-10(12,7-9)6-8(11)13/h3-7,12H2,1-2H3,(H2,11,13). The molecule has 1 saturated carbocycles. The van der Waals surface area contributed by atoms with E-state index < -0.39 is 0 Å². The number of hydrogen-bond acceptors (Lipinski definition) is 2. The minimum atomic E-state index is -0.340. The minimum absolute atomic E-state index is 0.266. The summed E-state index contributed by atoms with van der Waals surface area (Å²) >= 11 is 0. The van der Waals surface area contributed by atoms with Crippen molar-refractivity contribution >= 4 is 5.91 Å². The molecule has 0 aromatic carbocycles. The van der Waals surface area contributed by atoms with Gasteiger partial charge in [0.25, 0.3) is 0 Å². The van der Waals surface area contributed by atoms with Gasteiger partial charge in [-0.2, -0.15) is 0 Å². The highest BCUT2D eigenvalue weighted by Crippen LogP contribution is 2.40. The summed E-state index contributed by atoms with van der Waals surface area (Å²) < 4.78 is 0. The van der Waals surface area contributed by atoms with Crippen molar-refractivity contribution in [2.75, 3.05) is 0 Å². The van der Waals surface area contributed by atoms with Gasteiger partial charge in [0, 0.05) is 12.0 Å². The van der Waals surface area contributed by atoms with Crippen molar-refractivity contribution in [3.05, 3.63) is 0 Å². The van der Waals surface area contributed by atoms with Crippen molar-refractivity contribution in [2.24, 2.45) is 16.9 Å². The second-order valence-electron chi connectivity index (χ2n) is 5.20. The number of rotatable bonds is 2. The van der Waals surface area contributed by atoms with Crippen LogP contribution in [-0.2, 0) is 4.79 Å². The van der Waals surface area contributed by atoms with Crippen LogP contribution >= 0.6 is 0 Å². The molecule has 3 heteroatoms. The molecular formula is C10H20N2O. The van der Waals surface area contributed by atoms with Gasteiger partial charge in [-0.1, -0.05) is 20.3 Å². The summed E-state index contributed by atoms with van der Waals surface area (Å²) in [6.07, 6.45) is 4.47. The molecule has 0 spiro atoms.